The number of anilines is 1. The van der Waals surface area contributed by atoms with Gasteiger partial charge in [0.15, 0.2) is 0 Å². The van der Waals surface area contributed by atoms with E-state index in [2.05, 4.69) is 19.2 Å². The molecule has 0 saturated heterocycles. The maximum Gasteiger partial charge on any atom is 0.213 e. The zero-order valence-electron chi connectivity index (χ0n) is 10.8. The van der Waals surface area contributed by atoms with Crippen LogP contribution >= 0.6 is 0 Å². The lowest BCUT2D eigenvalue weighted by atomic mass is 10.0. The van der Waals surface area contributed by atoms with Crippen molar-refractivity contribution in [1.29, 1.82) is 0 Å². The lowest BCUT2D eigenvalue weighted by Crippen LogP contribution is -2.24. The molecule has 1 fully saturated rings. The maximum atomic E-state index is 11.0. The van der Waals surface area contributed by atoms with Crippen molar-refractivity contribution in [2.45, 2.75) is 38.5 Å². The first-order valence-electron chi connectivity index (χ1n) is 6.14. The van der Waals surface area contributed by atoms with Crippen LogP contribution in [0.15, 0.2) is 24.3 Å². The zero-order chi connectivity index (χ0) is 13.4. The number of primary sulfonamides is 1. The van der Waals surface area contributed by atoms with Gasteiger partial charge < -0.3 is 5.32 Å². The van der Waals surface area contributed by atoms with Crippen molar-refractivity contribution in [2.75, 3.05) is 5.32 Å². The SMILES string of the molecule is CC(Nc1ccc(CS(N)(=O)=O)cc1)C1(C)CC1. The molecule has 1 unspecified atom stereocenters. The Labute approximate surface area is 109 Å². The van der Waals surface area contributed by atoms with Gasteiger partial charge in [-0.15, -0.1) is 0 Å². The Morgan fingerprint density at radius 3 is 2.33 bits per heavy atom. The van der Waals surface area contributed by atoms with Gasteiger partial charge in [-0.3, -0.25) is 0 Å². The van der Waals surface area contributed by atoms with Gasteiger partial charge in [-0.05, 0) is 42.9 Å². The number of rotatable bonds is 5. The van der Waals surface area contributed by atoms with Gasteiger partial charge in [0, 0.05) is 11.7 Å². The number of nitrogens with one attached hydrogen (secondary N) is 1. The molecule has 3 N–H and O–H groups in total. The molecule has 1 saturated carbocycles. The molecule has 1 aliphatic rings. The highest BCUT2D eigenvalue weighted by molar-refractivity contribution is 7.88. The van der Waals surface area contributed by atoms with Crippen molar-refractivity contribution in [3.8, 4) is 0 Å². The molecule has 1 atom stereocenters. The molecule has 0 bridgehead atoms. The summed E-state index contributed by atoms with van der Waals surface area (Å²) in [6, 6.07) is 7.84. The van der Waals surface area contributed by atoms with E-state index in [1.165, 1.54) is 12.8 Å². The molecular weight excluding hydrogens is 248 g/mol. The van der Waals surface area contributed by atoms with Crippen molar-refractivity contribution in [1.82, 2.24) is 0 Å². The van der Waals surface area contributed by atoms with Crippen LogP contribution < -0.4 is 10.5 Å². The predicted octanol–water partition coefficient (Wildman–Crippen LogP) is 2.08. The van der Waals surface area contributed by atoms with Crippen molar-refractivity contribution in [3.05, 3.63) is 29.8 Å². The molecule has 4 nitrogen and oxygen atoms in total. The second kappa shape index (κ2) is 4.55. The summed E-state index contributed by atoms with van der Waals surface area (Å²) < 4.78 is 21.9. The molecule has 5 heteroatoms. The van der Waals surface area contributed by atoms with Crippen LogP contribution in [0.5, 0.6) is 0 Å². The number of sulfonamides is 1. The monoisotopic (exact) mass is 268 g/mol. The number of hydrogen-bond donors (Lipinski definition) is 2. The van der Waals surface area contributed by atoms with Gasteiger partial charge in [0.2, 0.25) is 10.0 Å². The van der Waals surface area contributed by atoms with E-state index in [0.29, 0.717) is 17.0 Å². The maximum absolute atomic E-state index is 11.0. The Kier molecular flexibility index (Phi) is 3.38. The van der Waals surface area contributed by atoms with Gasteiger partial charge >= 0.3 is 0 Å². The highest BCUT2D eigenvalue weighted by Crippen LogP contribution is 2.48. The van der Waals surface area contributed by atoms with Crippen LogP contribution in [0.1, 0.15) is 32.3 Å². The van der Waals surface area contributed by atoms with Crippen molar-refractivity contribution in [2.24, 2.45) is 10.6 Å². The van der Waals surface area contributed by atoms with E-state index in [4.69, 9.17) is 5.14 Å². The fourth-order valence-electron chi connectivity index (χ4n) is 1.98. The van der Waals surface area contributed by atoms with E-state index >= 15 is 0 Å². The number of hydrogen-bond acceptors (Lipinski definition) is 3. The molecule has 0 heterocycles. The third-order valence-corrected chi connectivity index (χ3v) is 4.52. The van der Waals surface area contributed by atoms with Crippen LogP contribution in [0.2, 0.25) is 0 Å². The summed E-state index contributed by atoms with van der Waals surface area (Å²) >= 11 is 0. The molecule has 0 aromatic heterocycles. The Morgan fingerprint density at radius 2 is 1.89 bits per heavy atom. The molecule has 1 aromatic carbocycles. The molecular formula is C13H20N2O2S. The van der Waals surface area contributed by atoms with Gasteiger partial charge in [-0.1, -0.05) is 19.1 Å². The third kappa shape index (κ3) is 3.46. The fourth-order valence-corrected chi connectivity index (χ4v) is 2.64. The van der Waals surface area contributed by atoms with Crippen LogP contribution in [-0.4, -0.2) is 14.5 Å². The number of nitrogens with two attached hydrogens (primary N) is 1. The van der Waals surface area contributed by atoms with Crippen LogP contribution in [0.3, 0.4) is 0 Å². The van der Waals surface area contributed by atoms with Crippen LogP contribution in [0, 0.1) is 5.41 Å². The lowest BCUT2D eigenvalue weighted by Gasteiger charge is -2.21. The average Bonchev–Trinajstić information content (AvgIpc) is 2.99. The average molecular weight is 268 g/mol. The summed E-state index contributed by atoms with van der Waals surface area (Å²) in [6.45, 7) is 4.46. The first kappa shape index (κ1) is 13.4. The lowest BCUT2D eigenvalue weighted by molar-refractivity contribution is 0.493. The zero-order valence-corrected chi connectivity index (χ0v) is 11.6. The van der Waals surface area contributed by atoms with Gasteiger partial charge in [-0.2, -0.15) is 0 Å². The molecule has 0 amide bonds. The van der Waals surface area contributed by atoms with Gasteiger partial charge in [0.05, 0.1) is 5.75 Å². The number of benzene rings is 1. The van der Waals surface area contributed by atoms with Crippen molar-refractivity contribution >= 4 is 15.7 Å². The summed E-state index contributed by atoms with van der Waals surface area (Å²) in [5, 5.41) is 8.46. The highest BCUT2D eigenvalue weighted by Gasteiger charge is 2.42. The third-order valence-electron chi connectivity index (χ3n) is 3.79. The van der Waals surface area contributed by atoms with Crippen LogP contribution in [-0.2, 0) is 15.8 Å². The first-order chi connectivity index (χ1) is 8.28. The summed E-state index contributed by atoms with van der Waals surface area (Å²) in [4.78, 5) is 0. The van der Waals surface area contributed by atoms with E-state index < -0.39 is 10.0 Å². The largest absolute Gasteiger partial charge is 0.382 e. The van der Waals surface area contributed by atoms with E-state index in [9.17, 15) is 8.42 Å². The molecule has 1 aliphatic carbocycles. The molecule has 0 radical (unpaired) electrons. The Hall–Kier alpha value is -1.07. The molecule has 2 rings (SSSR count). The van der Waals surface area contributed by atoms with Crippen molar-refractivity contribution in [3.63, 3.8) is 0 Å². The van der Waals surface area contributed by atoms with E-state index in [1.54, 1.807) is 12.1 Å². The minimum absolute atomic E-state index is 0.111. The quantitative estimate of drug-likeness (QED) is 0.858. The minimum Gasteiger partial charge on any atom is -0.382 e. The Balaban J connectivity index is 1.99. The summed E-state index contributed by atoms with van der Waals surface area (Å²) in [5.41, 5.74) is 2.15. The highest BCUT2D eigenvalue weighted by atomic mass is 32.2. The van der Waals surface area contributed by atoms with Gasteiger partial charge in [-0.25, -0.2) is 13.6 Å². The summed E-state index contributed by atoms with van der Waals surface area (Å²) in [6.07, 6.45) is 2.54. The second-order valence-corrected chi connectivity index (χ2v) is 7.14. The smallest absolute Gasteiger partial charge is 0.213 e. The molecule has 0 aliphatic heterocycles. The van der Waals surface area contributed by atoms with Gasteiger partial charge in [0.25, 0.3) is 0 Å². The van der Waals surface area contributed by atoms with Crippen molar-refractivity contribution < 1.29 is 8.42 Å². The fraction of sp³-hybridized carbons (Fsp3) is 0.538. The molecule has 18 heavy (non-hydrogen) atoms. The van der Waals surface area contributed by atoms with E-state index in [-0.39, 0.29) is 5.75 Å². The Bertz CT molecular complexity index is 518. The van der Waals surface area contributed by atoms with Gasteiger partial charge in [0.1, 0.15) is 0 Å². The van der Waals surface area contributed by atoms with Crippen LogP contribution in [0.25, 0.3) is 0 Å². The topological polar surface area (TPSA) is 72.2 Å². The molecule has 0 spiro atoms. The summed E-state index contributed by atoms with van der Waals surface area (Å²) in [7, 11) is -3.45. The standard InChI is InChI=1S/C13H20N2O2S/c1-10(13(2)7-8-13)15-12-5-3-11(4-6-12)9-18(14,16)17/h3-6,10,15H,7-9H2,1-2H3,(H2,14,16,17). The normalized spacial score (nSPS) is 19.3. The minimum atomic E-state index is -3.45. The van der Waals surface area contributed by atoms with Crippen LogP contribution in [0.4, 0.5) is 5.69 Å². The molecule has 100 valence electrons. The predicted molar refractivity (Wildman–Crippen MR) is 73.7 cm³/mol. The molecule has 1 aromatic rings. The van der Waals surface area contributed by atoms with E-state index in [1.807, 2.05) is 12.1 Å². The summed E-state index contributed by atoms with van der Waals surface area (Å²) in [5.74, 6) is -0.111. The van der Waals surface area contributed by atoms with E-state index in [0.717, 1.165) is 5.69 Å². The Morgan fingerprint density at radius 1 is 1.33 bits per heavy atom. The first-order valence-corrected chi connectivity index (χ1v) is 7.86. The second-order valence-electron chi connectivity index (χ2n) is 5.52.